The molecule has 1 aliphatic rings. The van der Waals surface area contributed by atoms with Gasteiger partial charge in [0.2, 0.25) is 5.79 Å². The number of methoxy groups -OCH3 is 1. The van der Waals surface area contributed by atoms with Gasteiger partial charge in [-0.15, -0.1) is 0 Å². The van der Waals surface area contributed by atoms with E-state index in [1.54, 1.807) is 18.2 Å². The second-order valence-corrected chi connectivity index (χ2v) is 7.22. The topological polar surface area (TPSA) is 99.4 Å². The molecule has 0 saturated carbocycles. The van der Waals surface area contributed by atoms with Crippen LogP contribution in [0.3, 0.4) is 0 Å². The van der Waals surface area contributed by atoms with Crippen molar-refractivity contribution in [3.63, 3.8) is 0 Å². The molecule has 6 nitrogen and oxygen atoms in total. The summed E-state index contributed by atoms with van der Waals surface area (Å²) in [5, 5.41) is 41.1. The molecule has 0 aliphatic carbocycles. The Balaban J connectivity index is 1.90. The number of aliphatic hydroxyl groups is 4. The monoisotopic (exact) mass is 388 g/mol. The lowest BCUT2D eigenvalue weighted by Gasteiger charge is -2.47. The summed E-state index contributed by atoms with van der Waals surface area (Å²) >= 11 is 0. The average molecular weight is 388 g/mol. The maximum Gasteiger partial charge on any atom is 0.222 e. The van der Waals surface area contributed by atoms with E-state index in [0.29, 0.717) is 12.0 Å². The van der Waals surface area contributed by atoms with E-state index < -0.39 is 36.8 Å². The van der Waals surface area contributed by atoms with Crippen LogP contribution in [-0.4, -0.2) is 58.6 Å². The molecule has 4 N–H and O–H groups in total. The number of benzene rings is 2. The first-order valence-corrected chi connectivity index (χ1v) is 9.50. The third-order valence-corrected chi connectivity index (χ3v) is 5.37. The summed E-state index contributed by atoms with van der Waals surface area (Å²) in [5.74, 6) is -2.00. The van der Waals surface area contributed by atoms with Crippen molar-refractivity contribution in [3.8, 4) is 0 Å². The fourth-order valence-corrected chi connectivity index (χ4v) is 3.71. The highest BCUT2D eigenvalue weighted by Crippen LogP contribution is 2.38. The van der Waals surface area contributed by atoms with Gasteiger partial charge in [-0.05, 0) is 35.6 Å². The lowest BCUT2D eigenvalue weighted by Crippen LogP contribution is -2.64. The molecule has 0 unspecified atom stereocenters. The Labute approximate surface area is 165 Å². The van der Waals surface area contributed by atoms with Crippen molar-refractivity contribution in [2.24, 2.45) is 0 Å². The van der Waals surface area contributed by atoms with Gasteiger partial charge in [-0.1, -0.05) is 49.4 Å². The van der Waals surface area contributed by atoms with E-state index in [1.807, 2.05) is 6.07 Å². The van der Waals surface area contributed by atoms with E-state index in [4.69, 9.17) is 9.47 Å². The second kappa shape index (κ2) is 8.69. The molecule has 6 heteroatoms. The van der Waals surface area contributed by atoms with Gasteiger partial charge in [-0.2, -0.15) is 0 Å². The third-order valence-electron chi connectivity index (χ3n) is 5.37. The molecule has 0 amide bonds. The van der Waals surface area contributed by atoms with E-state index in [2.05, 4.69) is 31.2 Å². The van der Waals surface area contributed by atoms with E-state index in [1.165, 1.54) is 12.7 Å². The van der Waals surface area contributed by atoms with E-state index in [-0.39, 0.29) is 0 Å². The smallest absolute Gasteiger partial charge is 0.222 e. The number of hydrogen-bond acceptors (Lipinski definition) is 6. The molecule has 28 heavy (non-hydrogen) atoms. The lowest BCUT2D eigenvalue weighted by molar-refractivity contribution is -0.361. The average Bonchev–Trinajstić information content (AvgIpc) is 2.72. The minimum Gasteiger partial charge on any atom is -0.394 e. The summed E-state index contributed by atoms with van der Waals surface area (Å²) in [6.07, 6.45) is -3.46. The van der Waals surface area contributed by atoms with Crippen LogP contribution in [0.15, 0.2) is 48.5 Å². The standard InChI is InChI=1S/C22H28O6/c1-3-14-7-9-15(10-8-14)11-16-5-4-6-17(12-16)22(26)21(27-2)20(25)19(24)18(13-23)28-22/h4-10,12,18-21,23-26H,3,11,13H2,1-2H3/t18-,19-,20+,21-,22+/m1/s1. The van der Waals surface area contributed by atoms with Gasteiger partial charge in [0, 0.05) is 12.7 Å². The maximum atomic E-state index is 11.2. The minimum atomic E-state index is -2.00. The molecule has 1 aliphatic heterocycles. The predicted molar refractivity (Wildman–Crippen MR) is 104 cm³/mol. The van der Waals surface area contributed by atoms with Crippen LogP contribution in [-0.2, 0) is 28.1 Å². The molecule has 1 saturated heterocycles. The Morgan fingerprint density at radius 1 is 1.00 bits per heavy atom. The summed E-state index contributed by atoms with van der Waals surface area (Å²) in [4.78, 5) is 0. The van der Waals surface area contributed by atoms with Gasteiger partial charge < -0.3 is 29.9 Å². The van der Waals surface area contributed by atoms with Crippen LogP contribution in [0, 0.1) is 0 Å². The first kappa shape index (κ1) is 20.9. The zero-order chi connectivity index (χ0) is 20.3. The number of aliphatic hydroxyl groups excluding tert-OH is 3. The number of aryl methyl sites for hydroxylation is 1. The third kappa shape index (κ3) is 3.98. The normalized spacial score (nSPS) is 30.4. The van der Waals surface area contributed by atoms with E-state index in [9.17, 15) is 20.4 Å². The molecule has 0 aromatic heterocycles. The highest BCUT2D eigenvalue weighted by atomic mass is 16.7. The molecule has 0 spiro atoms. The molecule has 5 atom stereocenters. The number of rotatable bonds is 6. The Morgan fingerprint density at radius 3 is 2.29 bits per heavy atom. The summed E-state index contributed by atoms with van der Waals surface area (Å²) in [6.45, 7) is 1.57. The maximum absolute atomic E-state index is 11.2. The fourth-order valence-electron chi connectivity index (χ4n) is 3.71. The lowest BCUT2D eigenvalue weighted by atomic mass is 9.87. The molecule has 3 rings (SSSR count). The van der Waals surface area contributed by atoms with Crippen LogP contribution >= 0.6 is 0 Å². The van der Waals surface area contributed by atoms with Gasteiger partial charge in [-0.3, -0.25) is 0 Å². The predicted octanol–water partition coefficient (Wildman–Crippen LogP) is 1.11. The molecule has 0 radical (unpaired) electrons. The van der Waals surface area contributed by atoms with Crippen molar-refractivity contribution >= 4 is 0 Å². The zero-order valence-corrected chi connectivity index (χ0v) is 16.2. The van der Waals surface area contributed by atoms with Crippen molar-refractivity contribution in [2.45, 2.75) is 50.0 Å². The molecule has 2 aromatic rings. The highest BCUT2D eigenvalue weighted by Gasteiger charge is 2.54. The van der Waals surface area contributed by atoms with Crippen molar-refractivity contribution < 1.29 is 29.9 Å². The number of hydrogen-bond donors (Lipinski definition) is 4. The van der Waals surface area contributed by atoms with Gasteiger partial charge in [0.1, 0.15) is 24.4 Å². The van der Waals surface area contributed by atoms with Gasteiger partial charge in [0.05, 0.1) is 6.61 Å². The molecule has 152 valence electrons. The van der Waals surface area contributed by atoms with E-state index >= 15 is 0 Å². The molecule has 2 aromatic carbocycles. The van der Waals surface area contributed by atoms with Crippen LogP contribution in [0.25, 0.3) is 0 Å². The molecule has 1 heterocycles. The highest BCUT2D eigenvalue weighted by molar-refractivity contribution is 5.33. The number of ether oxygens (including phenoxy) is 2. The van der Waals surface area contributed by atoms with Crippen LogP contribution in [0.1, 0.15) is 29.2 Å². The largest absolute Gasteiger partial charge is 0.394 e. The molecular formula is C22H28O6. The minimum absolute atomic E-state index is 0.395. The zero-order valence-electron chi connectivity index (χ0n) is 16.2. The van der Waals surface area contributed by atoms with Gasteiger partial charge in [-0.25, -0.2) is 0 Å². The van der Waals surface area contributed by atoms with Gasteiger partial charge >= 0.3 is 0 Å². The Morgan fingerprint density at radius 2 is 1.68 bits per heavy atom. The van der Waals surface area contributed by atoms with Crippen LogP contribution in [0.5, 0.6) is 0 Å². The summed E-state index contributed by atoms with van der Waals surface area (Å²) in [5.41, 5.74) is 3.76. The first-order chi connectivity index (χ1) is 13.4. The summed E-state index contributed by atoms with van der Waals surface area (Å²) in [6, 6.07) is 15.6. The quantitative estimate of drug-likeness (QED) is 0.592. The molecule has 0 bridgehead atoms. The van der Waals surface area contributed by atoms with E-state index in [0.717, 1.165) is 17.5 Å². The van der Waals surface area contributed by atoms with Crippen LogP contribution in [0.4, 0.5) is 0 Å². The van der Waals surface area contributed by atoms with Crippen molar-refractivity contribution in [1.29, 1.82) is 0 Å². The Hall–Kier alpha value is -1.80. The fraction of sp³-hybridized carbons (Fsp3) is 0.455. The first-order valence-electron chi connectivity index (χ1n) is 9.50. The summed E-state index contributed by atoms with van der Waals surface area (Å²) < 4.78 is 10.9. The van der Waals surface area contributed by atoms with Gasteiger partial charge in [0.25, 0.3) is 0 Å². The molecular weight excluding hydrogens is 360 g/mol. The van der Waals surface area contributed by atoms with Crippen molar-refractivity contribution in [2.75, 3.05) is 13.7 Å². The van der Waals surface area contributed by atoms with Crippen molar-refractivity contribution in [1.82, 2.24) is 0 Å². The van der Waals surface area contributed by atoms with Crippen molar-refractivity contribution in [3.05, 3.63) is 70.8 Å². The van der Waals surface area contributed by atoms with Gasteiger partial charge in [0.15, 0.2) is 0 Å². The SMILES string of the molecule is CCc1ccc(Cc2cccc([C@]3(O)O[C@H](CO)[C@@H](O)[C@H](O)[C@H]3OC)c2)cc1. The second-order valence-electron chi connectivity index (χ2n) is 7.22. The Kier molecular flexibility index (Phi) is 6.50. The Bertz CT molecular complexity index is 777. The van der Waals surface area contributed by atoms with Crippen LogP contribution < -0.4 is 0 Å². The summed E-state index contributed by atoms with van der Waals surface area (Å²) in [7, 11) is 1.33. The van der Waals surface area contributed by atoms with Crippen LogP contribution in [0.2, 0.25) is 0 Å². The molecule has 1 fully saturated rings.